The number of benzene rings is 2. The van der Waals surface area contributed by atoms with Gasteiger partial charge in [0.25, 0.3) is 5.91 Å². The van der Waals surface area contributed by atoms with Gasteiger partial charge in [-0.3, -0.25) is 4.79 Å². The molecule has 1 amide bonds. The zero-order valence-electron chi connectivity index (χ0n) is 18.9. The van der Waals surface area contributed by atoms with Crippen molar-refractivity contribution >= 4 is 11.9 Å². The van der Waals surface area contributed by atoms with Crippen LogP contribution in [0, 0.1) is 0 Å². The van der Waals surface area contributed by atoms with Gasteiger partial charge in [0.15, 0.2) is 5.96 Å². The fourth-order valence-corrected chi connectivity index (χ4v) is 3.01. The van der Waals surface area contributed by atoms with Crippen LogP contribution in [0.2, 0.25) is 0 Å². The molecule has 1 atom stereocenters. The summed E-state index contributed by atoms with van der Waals surface area (Å²) >= 11 is 0. The van der Waals surface area contributed by atoms with E-state index in [0.29, 0.717) is 30.5 Å². The fourth-order valence-electron chi connectivity index (χ4n) is 3.01. The quantitative estimate of drug-likeness (QED) is 0.349. The van der Waals surface area contributed by atoms with Gasteiger partial charge in [0, 0.05) is 23.7 Å². The molecular formula is C25H31N5O2. The van der Waals surface area contributed by atoms with Gasteiger partial charge in [-0.25, -0.2) is 9.98 Å². The van der Waals surface area contributed by atoms with Crippen LogP contribution in [0.15, 0.2) is 70.3 Å². The van der Waals surface area contributed by atoms with E-state index in [0.717, 1.165) is 29.8 Å². The zero-order chi connectivity index (χ0) is 22.8. The van der Waals surface area contributed by atoms with Gasteiger partial charge in [-0.1, -0.05) is 37.3 Å². The summed E-state index contributed by atoms with van der Waals surface area (Å²) in [6.07, 6.45) is 2.55. The summed E-state index contributed by atoms with van der Waals surface area (Å²) in [5, 5.41) is 9.51. The number of nitrogens with one attached hydrogen (secondary N) is 3. The Morgan fingerprint density at radius 1 is 1.09 bits per heavy atom. The molecule has 3 N–H and O–H groups in total. The number of carbonyl (C=O) groups is 1. The first kappa shape index (κ1) is 23.1. The summed E-state index contributed by atoms with van der Waals surface area (Å²) in [7, 11) is 0. The molecule has 168 valence electrons. The molecule has 1 unspecified atom stereocenters. The lowest BCUT2D eigenvalue weighted by molar-refractivity contribution is 0.0939. The Kier molecular flexibility index (Phi) is 8.43. The van der Waals surface area contributed by atoms with Crippen molar-refractivity contribution in [1.82, 2.24) is 20.9 Å². The van der Waals surface area contributed by atoms with E-state index in [2.05, 4.69) is 25.9 Å². The molecule has 0 bridgehead atoms. The van der Waals surface area contributed by atoms with Crippen molar-refractivity contribution in [2.24, 2.45) is 4.99 Å². The Balaban J connectivity index is 1.61. The van der Waals surface area contributed by atoms with Crippen molar-refractivity contribution in [3.63, 3.8) is 0 Å². The molecule has 2 aromatic carbocycles. The van der Waals surface area contributed by atoms with Crippen LogP contribution >= 0.6 is 0 Å². The van der Waals surface area contributed by atoms with Gasteiger partial charge >= 0.3 is 0 Å². The second-order valence-electron chi connectivity index (χ2n) is 7.54. The van der Waals surface area contributed by atoms with E-state index in [4.69, 9.17) is 4.42 Å². The Bertz CT molecular complexity index is 1030. The average Bonchev–Trinajstić information content (AvgIpc) is 3.30. The molecule has 0 aliphatic rings. The van der Waals surface area contributed by atoms with Crippen LogP contribution in [0.25, 0.3) is 11.5 Å². The third kappa shape index (κ3) is 6.70. The molecule has 0 saturated carbocycles. The topological polar surface area (TPSA) is 91.5 Å². The summed E-state index contributed by atoms with van der Waals surface area (Å²) in [5.41, 5.74) is 3.34. The van der Waals surface area contributed by atoms with E-state index < -0.39 is 0 Å². The Labute approximate surface area is 189 Å². The second-order valence-corrected chi connectivity index (χ2v) is 7.54. The third-order valence-corrected chi connectivity index (χ3v) is 4.95. The number of hydrogen-bond acceptors (Lipinski definition) is 4. The van der Waals surface area contributed by atoms with Crippen LogP contribution < -0.4 is 16.0 Å². The highest BCUT2D eigenvalue weighted by molar-refractivity contribution is 5.94. The van der Waals surface area contributed by atoms with Gasteiger partial charge in [0.05, 0.1) is 18.8 Å². The lowest BCUT2D eigenvalue weighted by Gasteiger charge is -2.12. The minimum Gasteiger partial charge on any atom is -0.444 e. The van der Waals surface area contributed by atoms with Gasteiger partial charge in [-0.15, -0.1) is 0 Å². The number of hydrogen-bond donors (Lipinski definition) is 3. The third-order valence-electron chi connectivity index (χ3n) is 4.95. The van der Waals surface area contributed by atoms with E-state index in [-0.39, 0.29) is 11.9 Å². The van der Waals surface area contributed by atoms with E-state index in [9.17, 15) is 4.79 Å². The van der Waals surface area contributed by atoms with E-state index in [1.807, 2.05) is 75.4 Å². The Hall–Kier alpha value is -3.61. The first-order chi connectivity index (χ1) is 15.6. The Morgan fingerprint density at radius 2 is 1.91 bits per heavy atom. The van der Waals surface area contributed by atoms with Gasteiger partial charge in [0.2, 0.25) is 5.89 Å². The predicted molar refractivity (Wildman–Crippen MR) is 127 cm³/mol. The van der Waals surface area contributed by atoms with Crippen molar-refractivity contribution in [2.75, 3.05) is 6.54 Å². The molecule has 7 nitrogen and oxygen atoms in total. The summed E-state index contributed by atoms with van der Waals surface area (Å²) in [4.78, 5) is 21.6. The number of aliphatic imine (C=N–C) groups is 1. The summed E-state index contributed by atoms with van der Waals surface area (Å²) in [6.45, 7) is 7.73. The van der Waals surface area contributed by atoms with Crippen LogP contribution in [0.5, 0.6) is 0 Å². The van der Waals surface area contributed by atoms with Gasteiger partial charge in [0.1, 0.15) is 6.26 Å². The summed E-state index contributed by atoms with van der Waals surface area (Å²) in [6, 6.07) is 17.5. The molecule has 0 spiro atoms. The largest absolute Gasteiger partial charge is 0.444 e. The van der Waals surface area contributed by atoms with Crippen molar-refractivity contribution in [3.8, 4) is 11.5 Å². The molecule has 0 radical (unpaired) electrons. The summed E-state index contributed by atoms with van der Waals surface area (Å²) in [5.74, 6) is 1.21. The first-order valence-electron chi connectivity index (χ1n) is 11.0. The average molecular weight is 434 g/mol. The van der Waals surface area contributed by atoms with Gasteiger partial charge in [-0.2, -0.15) is 0 Å². The SMILES string of the molecule is CCNC(=NCc1cccc(C(=O)NC(C)CC)c1)NCc1coc(-c2ccccc2)n1. The van der Waals surface area contributed by atoms with Crippen molar-refractivity contribution in [3.05, 3.63) is 77.7 Å². The molecule has 7 heteroatoms. The molecule has 0 aliphatic carbocycles. The minimum atomic E-state index is -0.0598. The maximum absolute atomic E-state index is 12.4. The number of nitrogens with zero attached hydrogens (tertiary/aromatic N) is 2. The standard InChI is InChI=1S/C25H31N5O2/c1-4-18(3)29-23(31)21-13-9-10-19(14-21)15-27-25(26-5-2)28-16-22-17-32-24(30-22)20-11-7-6-8-12-20/h6-14,17-18H,4-5,15-16H2,1-3H3,(H,29,31)(H2,26,27,28). The molecule has 1 heterocycles. The van der Waals surface area contributed by atoms with E-state index in [1.54, 1.807) is 6.26 Å². The number of oxazole rings is 1. The van der Waals surface area contributed by atoms with Crippen molar-refractivity contribution in [1.29, 1.82) is 0 Å². The highest BCUT2D eigenvalue weighted by Crippen LogP contribution is 2.17. The smallest absolute Gasteiger partial charge is 0.251 e. The van der Waals surface area contributed by atoms with Crippen molar-refractivity contribution in [2.45, 2.75) is 46.3 Å². The maximum atomic E-state index is 12.4. The molecule has 3 rings (SSSR count). The van der Waals surface area contributed by atoms with Crippen LogP contribution in [-0.4, -0.2) is 29.4 Å². The normalized spacial score (nSPS) is 12.3. The second kappa shape index (κ2) is 11.7. The van der Waals surface area contributed by atoms with E-state index >= 15 is 0 Å². The minimum absolute atomic E-state index is 0.0598. The number of amides is 1. The number of carbonyl (C=O) groups excluding carboxylic acids is 1. The monoisotopic (exact) mass is 433 g/mol. The molecule has 0 fully saturated rings. The number of aromatic nitrogens is 1. The fraction of sp³-hybridized carbons (Fsp3) is 0.320. The highest BCUT2D eigenvalue weighted by Gasteiger charge is 2.10. The van der Waals surface area contributed by atoms with Gasteiger partial charge < -0.3 is 20.4 Å². The van der Waals surface area contributed by atoms with Gasteiger partial charge in [-0.05, 0) is 50.1 Å². The van der Waals surface area contributed by atoms with Crippen LogP contribution in [0.4, 0.5) is 0 Å². The molecule has 1 aromatic heterocycles. The van der Waals surface area contributed by atoms with E-state index in [1.165, 1.54) is 0 Å². The number of guanidine groups is 1. The molecule has 32 heavy (non-hydrogen) atoms. The van der Waals surface area contributed by atoms with Crippen LogP contribution in [-0.2, 0) is 13.1 Å². The van der Waals surface area contributed by atoms with Crippen LogP contribution in [0.3, 0.4) is 0 Å². The highest BCUT2D eigenvalue weighted by atomic mass is 16.3. The molecule has 0 saturated heterocycles. The summed E-state index contributed by atoms with van der Waals surface area (Å²) < 4.78 is 5.59. The molecular weight excluding hydrogens is 402 g/mol. The number of rotatable bonds is 9. The maximum Gasteiger partial charge on any atom is 0.251 e. The lowest BCUT2D eigenvalue weighted by Crippen LogP contribution is -2.36. The first-order valence-corrected chi connectivity index (χ1v) is 11.0. The lowest BCUT2D eigenvalue weighted by atomic mass is 10.1. The van der Waals surface area contributed by atoms with Crippen LogP contribution in [0.1, 0.15) is 48.8 Å². The zero-order valence-corrected chi connectivity index (χ0v) is 18.9. The predicted octanol–water partition coefficient (Wildman–Crippen LogP) is 4.13. The van der Waals surface area contributed by atoms with Crippen molar-refractivity contribution < 1.29 is 9.21 Å². The molecule has 0 aliphatic heterocycles. The molecule has 3 aromatic rings. The Morgan fingerprint density at radius 3 is 2.66 bits per heavy atom.